The molecule has 0 saturated carbocycles. The molecule has 0 bridgehead atoms. The number of fused-ring (bicyclic) bond motifs is 1. The number of benzene rings is 1. The van der Waals surface area contributed by atoms with E-state index >= 15 is 0 Å². The van der Waals surface area contributed by atoms with Crippen molar-refractivity contribution in [2.45, 2.75) is 38.9 Å². The van der Waals surface area contributed by atoms with Gasteiger partial charge in [-0.3, -0.25) is 14.5 Å². The van der Waals surface area contributed by atoms with Gasteiger partial charge in [0.2, 0.25) is 5.91 Å². The fraction of sp³-hybridized carbons (Fsp3) is 0.550. The molecule has 30 heavy (non-hydrogen) atoms. The number of hydrogen-bond acceptors (Lipinski definition) is 4. The largest absolute Gasteiger partial charge is 0.490 e. The van der Waals surface area contributed by atoms with E-state index in [4.69, 9.17) is 15.0 Å². The highest BCUT2D eigenvalue weighted by Gasteiger charge is 2.45. The third-order valence-electron chi connectivity index (χ3n) is 5.55. The van der Waals surface area contributed by atoms with Crippen LogP contribution < -0.4 is 0 Å². The highest BCUT2D eigenvalue weighted by atomic mass is 19.4. The summed E-state index contributed by atoms with van der Waals surface area (Å²) < 4.78 is 31.7. The second-order valence-electron chi connectivity index (χ2n) is 7.52. The van der Waals surface area contributed by atoms with E-state index < -0.39 is 18.1 Å². The number of nitrogens with zero attached hydrogens (tertiary/aromatic N) is 2. The molecule has 0 atom stereocenters. The number of hydrogen-bond donors (Lipinski definition) is 2. The van der Waals surface area contributed by atoms with E-state index in [1.807, 2.05) is 28.9 Å². The summed E-state index contributed by atoms with van der Waals surface area (Å²) >= 11 is 0. The molecule has 2 aliphatic heterocycles. The zero-order valence-corrected chi connectivity index (χ0v) is 16.6. The molecule has 2 N–H and O–H groups in total. The first-order chi connectivity index (χ1) is 14.0. The summed E-state index contributed by atoms with van der Waals surface area (Å²) in [6, 6.07) is 8.32. The van der Waals surface area contributed by atoms with Crippen LogP contribution in [0.15, 0.2) is 24.3 Å². The standard InChI is InChI=1S/C18H24N2O3.C2HF3O2/c1-2-20-12-15-6-4-3-5-14(15)11-18(17(20)23)7-9-19(10-8-18)13-16(21)22;3-2(4,5)1(6)7/h3-6H,2,7-13H2,1H3,(H,21,22);(H,6,7). The molecule has 2 aliphatic rings. The Bertz CT molecular complexity index is 789. The first-order valence-electron chi connectivity index (χ1n) is 9.59. The van der Waals surface area contributed by atoms with Crippen molar-refractivity contribution in [3.63, 3.8) is 0 Å². The van der Waals surface area contributed by atoms with Crippen molar-refractivity contribution in [2.24, 2.45) is 5.41 Å². The summed E-state index contributed by atoms with van der Waals surface area (Å²) in [5, 5.41) is 16.1. The summed E-state index contributed by atoms with van der Waals surface area (Å²) in [6.45, 7) is 4.85. The molecule has 1 amide bonds. The predicted molar refractivity (Wildman–Crippen MR) is 101 cm³/mol. The Hall–Kier alpha value is -2.62. The van der Waals surface area contributed by atoms with Crippen LogP contribution in [0.25, 0.3) is 0 Å². The predicted octanol–water partition coefficient (Wildman–Crippen LogP) is 2.39. The molecule has 3 rings (SSSR count). The van der Waals surface area contributed by atoms with Crippen molar-refractivity contribution in [1.29, 1.82) is 0 Å². The molecule has 0 aliphatic carbocycles. The van der Waals surface area contributed by atoms with Gasteiger partial charge in [-0.05, 0) is 50.4 Å². The van der Waals surface area contributed by atoms with Crippen molar-refractivity contribution in [1.82, 2.24) is 9.80 Å². The molecule has 2 heterocycles. The van der Waals surface area contributed by atoms with E-state index in [0.29, 0.717) is 26.2 Å². The van der Waals surface area contributed by atoms with Crippen LogP contribution in [0.2, 0.25) is 0 Å². The Morgan fingerprint density at radius 2 is 1.63 bits per heavy atom. The maximum Gasteiger partial charge on any atom is 0.490 e. The summed E-state index contributed by atoms with van der Waals surface area (Å²) in [4.78, 5) is 36.8. The van der Waals surface area contributed by atoms with Gasteiger partial charge in [0.25, 0.3) is 0 Å². The summed E-state index contributed by atoms with van der Waals surface area (Å²) in [5.41, 5.74) is 2.15. The Morgan fingerprint density at radius 3 is 2.10 bits per heavy atom. The van der Waals surface area contributed by atoms with Gasteiger partial charge in [0.1, 0.15) is 0 Å². The van der Waals surface area contributed by atoms with Crippen LogP contribution in [0.4, 0.5) is 13.2 Å². The molecule has 166 valence electrons. The average Bonchev–Trinajstić information content (AvgIpc) is 2.78. The number of carbonyl (C=O) groups excluding carboxylic acids is 1. The first kappa shape index (κ1) is 23.7. The van der Waals surface area contributed by atoms with Gasteiger partial charge in [-0.15, -0.1) is 0 Å². The highest BCUT2D eigenvalue weighted by Crippen LogP contribution is 2.40. The van der Waals surface area contributed by atoms with E-state index in [9.17, 15) is 22.8 Å². The van der Waals surface area contributed by atoms with E-state index in [1.54, 1.807) is 0 Å². The summed E-state index contributed by atoms with van der Waals surface area (Å²) in [6.07, 6.45) is -2.83. The smallest absolute Gasteiger partial charge is 0.480 e. The van der Waals surface area contributed by atoms with Gasteiger partial charge in [0.05, 0.1) is 12.0 Å². The van der Waals surface area contributed by atoms with Crippen molar-refractivity contribution in [2.75, 3.05) is 26.2 Å². The molecule has 10 heteroatoms. The lowest BCUT2D eigenvalue weighted by molar-refractivity contribution is -0.192. The normalized spacial score (nSPS) is 18.8. The number of rotatable bonds is 3. The molecule has 1 spiro atoms. The monoisotopic (exact) mass is 430 g/mol. The summed E-state index contributed by atoms with van der Waals surface area (Å²) in [7, 11) is 0. The Morgan fingerprint density at radius 1 is 1.10 bits per heavy atom. The minimum atomic E-state index is -5.08. The molecular formula is C20H25F3N2O5. The molecule has 1 aromatic carbocycles. The van der Waals surface area contributed by atoms with Gasteiger partial charge in [0.15, 0.2) is 0 Å². The van der Waals surface area contributed by atoms with Crippen LogP contribution >= 0.6 is 0 Å². The zero-order chi connectivity index (χ0) is 22.5. The number of carbonyl (C=O) groups is 3. The minimum Gasteiger partial charge on any atom is -0.480 e. The quantitative estimate of drug-likeness (QED) is 0.764. The Kier molecular flexibility index (Phi) is 7.46. The average molecular weight is 430 g/mol. The van der Waals surface area contributed by atoms with Crippen LogP contribution in [-0.4, -0.2) is 70.2 Å². The molecule has 0 aromatic heterocycles. The number of likely N-dealkylation sites (tertiary alicyclic amines) is 1. The third kappa shape index (κ3) is 5.71. The van der Waals surface area contributed by atoms with E-state index in [-0.39, 0.29) is 17.9 Å². The molecule has 1 aromatic rings. The summed E-state index contributed by atoms with van der Waals surface area (Å²) in [5.74, 6) is -3.31. The second-order valence-corrected chi connectivity index (χ2v) is 7.52. The van der Waals surface area contributed by atoms with Crippen molar-refractivity contribution >= 4 is 17.8 Å². The minimum absolute atomic E-state index is 0.0678. The van der Waals surface area contributed by atoms with Crippen molar-refractivity contribution in [3.8, 4) is 0 Å². The Labute approximate surface area is 172 Å². The fourth-order valence-corrected chi connectivity index (χ4v) is 3.91. The lowest BCUT2D eigenvalue weighted by Gasteiger charge is -2.41. The molecule has 7 nitrogen and oxygen atoms in total. The fourth-order valence-electron chi connectivity index (χ4n) is 3.91. The van der Waals surface area contributed by atoms with E-state index in [2.05, 4.69) is 12.1 Å². The Balaban J connectivity index is 0.000000396. The molecular weight excluding hydrogens is 405 g/mol. The van der Waals surface area contributed by atoms with Crippen LogP contribution in [0.3, 0.4) is 0 Å². The van der Waals surface area contributed by atoms with E-state index in [0.717, 1.165) is 19.3 Å². The van der Waals surface area contributed by atoms with Crippen LogP contribution in [0.1, 0.15) is 30.9 Å². The van der Waals surface area contributed by atoms with Gasteiger partial charge in [0, 0.05) is 13.1 Å². The zero-order valence-electron chi connectivity index (χ0n) is 16.6. The molecule has 1 saturated heterocycles. The number of carboxylic acids is 2. The SMILES string of the molecule is CCN1Cc2ccccc2CC2(CCN(CC(=O)O)CC2)C1=O.O=C(O)C(F)(F)F. The lowest BCUT2D eigenvalue weighted by atomic mass is 9.73. The number of amides is 1. The maximum atomic E-state index is 13.1. The van der Waals surface area contributed by atoms with Crippen LogP contribution in [-0.2, 0) is 27.3 Å². The third-order valence-corrected chi connectivity index (χ3v) is 5.55. The number of piperidine rings is 1. The van der Waals surface area contributed by atoms with Gasteiger partial charge in [-0.25, -0.2) is 4.79 Å². The molecule has 1 fully saturated rings. The van der Waals surface area contributed by atoms with Crippen LogP contribution in [0.5, 0.6) is 0 Å². The topological polar surface area (TPSA) is 98.2 Å². The van der Waals surface area contributed by atoms with Gasteiger partial charge >= 0.3 is 18.1 Å². The lowest BCUT2D eigenvalue weighted by Crippen LogP contribution is -2.50. The van der Waals surface area contributed by atoms with Gasteiger partial charge < -0.3 is 15.1 Å². The number of aliphatic carboxylic acids is 2. The van der Waals surface area contributed by atoms with Crippen LogP contribution in [0, 0.1) is 5.41 Å². The number of halogens is 3. The molecule has 0 radical (unpaired) electrons. The maximum absolute atomic E-state index is 13.1. The highest BCUT2D eigenvalue weighted by molar-refractivity contribution is 5.84. The molecule has 0 unspecified atom stereocenters. The van der Waals surface area contributed by atoms with Crippen molar-refractivity contribution in [3.05, 3.63) is 35.4 Å². The van der Waals surface area contributed by atoms with Gasteiger partial charge in [-0.1, -0.05) is 24.3 Å². The second kappa shape index (κ2) is 9.46. The number of alkyl halides is 3. The first-order valence-corrected chi connectivity index (χ1v) is 9.59. The number of carboxylic acid groups (broad SMARTS) is 2. The van der Waals surface area contributed by atoms with Crippen molar-refractivity contribution < 1.29 is 37.8 Å². The van der Waals surface area contributed by atoms with Gasteiger partial charge in [-0.2, -0.15) is 13.2 Å². The van der Waals surface area contributed by atoms with E-state index in [1.165, 1.54) is 11.1 Å².